The number of hydrogen-bond donors (Lipinski definition) is 0. The fraction of sp³-hybridized carbons (Fsp3) is 0.263. The van der Waals surface area contributed by atoms with Crippen LogP contribution in [0.2, 0.25) is 0 Å². The van der Waals surface area contributed by atoms with Crippen LogP contribution >= 0.6 is 11.8 Å². The van der Waals surface area contributed by atoms with Gasteiger partial charge >= 0.3 is 0 Å². The number of benzene rings is 2. The Morgan fingerprint density at radius 3 is 2.35 bits per heavy atom. The molecule has 1 unspecified atom stereocenters. The van der Waals surface area contributed by atoms with Gasteiger partial charge in [-0.1, -0.05) is 66.2 Å². The molecule has 20 heavy (non-hydrogen) atoms. The lowest BCUT2D eigenvalue weighted by atomic mass is 9.95. The van der Waals surface area contributed by atoms with E-state index in [9.17, 15) is 0 Å². The number of rotatable bonds is 3. The molecule has 3 rings (SSSR count). The standard InChI is InChI=1S/C19H20S/c1-15-9-11-17(12-10-15)19(14-18-8-5-13-20-18)16-6-3-2-4-7-16/h2-4,6-7,9-12,14,18H,5,8,13H2,1H3/b19-14+. The molecule has 102 valence electrons. The quantitative estimate of drug-likeness (QED) is 0.733. The first-order valence-electron chi connectivity index (χ1n) is 7.29. The first-order chi connectivity index (χ1) is 9.83. The highest BCUT2D eigenvalue weighted by Crippen LogP contribution is 2.32. The maximum absolute atomic E-state index is 2.47. The molecule has 1 aliphatic heterocycles. The van der Waals surface area contributed by atoms with E-state index in [1.807, 2.05) is 0 Å². The maximum Gasteiger partial charge on any atom is 0.0236 e. The third-order valence-corrected chi connectivity index (χ3v) is 5.09. The van der Waals surface area contributed by atoms with Crippen LogP contribution in [0.25, 0.3) is 5.57 Å². The van der Waals surface area contributed by atoms with Gasteiger partial charge < -0.3 is 0 Å². The van der Waals surface area contributed by atoms with E-state index in [1.165, 1.54) is 40.9 Å². The van der Waals surface area contributed by atoms with Crippen molar-refractivity contribution in [3.63, 3.8) is 0 Å². The van der Waals surface area contributed by atoms with Crippen LogP contribution in [-0.2, 0) is 0 Å². The molecule has 1 heterocycles. The van der Waals surface area contributed by atoms with Crippen molar-refractivity contribution in [1.82, 2.24) is 0 Å². The van der Waals surface area contributed by atoms with Crippen molar-refractivity contribution < 1.29 is 0 Å². The van der Waals surface area contributed by atoms with E-state index >= 15 is 0 Å². The molecule has 0 amide bonds. The monoisotopic (exact) mass is 280 g/mol. The van der Waals surface area contributed by atoms with Gasteiger partial charge in [-0.25, -0.2) is 0 Å². The summed E-state index contributed by atoms with van der Waals surface area (Å²) in [6, 6.07) is 19.7. The topological polar surface area (TPSA) is 0 Å². The van der Waals surface area contributed by atoms with Crippen molar-refractivity contribution in [2.75, 3.05) is 5.75 Å². The molecule has 0 aliphatic carbocycles. The molecule has 0 aromatic heterocycles. The van der Waals surface area contributed by atoms with Gasteiger partial charge in [-0.3, -0.25) is 0 Å². The molecule has 1 aliphatic rings. The Labute approximate surface area is 125 Å². The number of hydrogen-bond acceptors (Lipinski definition) is 1. The first-order valence-corrected chi connectivity index (χ1v) is 8.34. The molecule has 0 spiro atoms. The minimum absolute atomic E-state index is 0.673. The Balaban J connectivity index is 2.01. The van der Waals surface area contributed by atoms with E-state index in [4.69, 9.17) is 0 Å². The molecule has 0 nitrogen and oxygen atoms in total. The van der Waals surface area contributed by atoms with Crippen LogP contribution in [0.4, 0.5) is 0 Å². The average Bonchev–Trinajstić information content (AvgIpc) is 3.00. The second-order valence-electron chi connectivity index (χ2n) is 5.36. The molecular formula is C19H20S. The molecule has 2 aromatic carbocycles. The van der Waals surface area contributed by atoms with Crippen LogP contribution in [0.3, 0.4) is 0 Å². The fourth-order valence-corrected chi connectivity index (χ4v) is 3.83. The summed E-state index contributed by atoms with van der Waals surface area (Å²) in [6.45, 7) is 2.14. The fourth-order valence-electron chi connectivity index (χ4n) is 2.63. The predicted molar refractivity (Wildman–Crippen MR) is 90.2 cm³/mol. The Morgan fingerprint density at radius 2 is 1.70 bits per heavy atom. The summed E-state index contributed by atoms with van der Waals surface area (Å²) in [4.78, 5) is 0. The Bertz CT molecular complexity index is 575. The zero-order valence-electron chi connectivity index (χ0n) is 11.9. The maximum atomic E-state index is 2.47. The van der Waals surface area contributed by atoms with E-state index < -0.39 is 0 Å². The second-order valence-corrected chi connectivity index (χ2v) is 6.71. The van der Waals surface area contributed by atoms with Crippen molar-refractivity contribution in [2.45, 2.75) is 25.0 Å². The van der Waals surface area contributed by atoms with Gasteiger partial charge in [-0.2, -0.15) is 11.8 Å². The molecular weight excluding hydrogens is 260 g/mol. The van der Waals surface area contributed by atoms with Gasteiger partial charge in [0.2, 0.25) is 0 Å². The molecule has 1 fully saturated rings. The van der Waals surface area contributed by atoms with Gasteiger partial charge in [0.15, 0.2) is 0 Å². The van der Waals surface area contributed by atoms with Gasteiger partial charge in [0.1, 0.15) is 0 Å². The lowest BCUT2D eigenvalue weighted by molar-refractivity contribution is 0.881. The van der Waals surface area contributed by atoms with Gasteiger partial charge in [0.05, 0.1) is 0 Å². The highest BCUT2D eigenvalue weighted by atomic mass is 32.2. The van der Waals surface area contributed by atoms with Crippen LogP contribution in [-0.4, -0.2) is 11.0 Å². The molecule has 0 saturated carbocycles. The molecule has 1 heteroatoms. The van der Waals surface area contributed by atoms with Crippen molar-refractivity contribution >= 4 is 17.3 Å². The first kappa shape index (κ1) is 13.5. The normalized spacial score (nSPS) is 19.2. The van der Waals surface area contributed by atoms with Crippen LogP contribution < -0.4 is 0 Å². The predicted octanol–water partition coefficient (Wildman–Crippen LogP) is 5.32. The third kappa shape index (κ3) is 3.16. The van der Waals surface area contributed by atoms with Crippen LogP contribution in [0.15, 0.2) is 60.7 Å². The largest absolute Gasteiger partial charge is 0.154 e. The van der Waals surface area contributed by atoms with Crippen molar-refractivity contribution in [3.05, 3.63) is 77.4 Å². The van der Waals surface area contributed by atoms with E-state index in [2.05, 4.69) is 79.4 Å². The Morgan fingerprint density at radius 1 is 1.00 bits per heavy atom. The molecule has 2 aromatic rings. The summed E-state index contributed by atoms with van der Waals surface area (Å²) >= 11 is 2.09. The van der Waals surface area contributed by atoms with E-state index in [1.54, 1.807) is 0 Å². The number of aryl methyl sites for hydroxylation is 1. The summed E-state index contributed by atoms with van der Waals surface area (Å²) < 4.78 is 0. The Kier molecular flexibility index (Phi) is 4.27. The van der Waals surface area contributed by atoms with E-state index in [-0.39, 0.29) is 0 Å². The van der Waals surface area contributed by atoms with Crippen LogP contribution in [0.5, 0.6) is 0 Å². The third-order valence-electron chi connectivity index (χ3n) is 3.76. The summed E-state index contributed by atoms with van der Waals surface area (Å²) in [6.07, 6.45) is 5.13. The molecule has 0 radical (unpaired) electrons. The smallest absolute Gasteiger partial charge is 0.0236 e. The second kappa shape index (κ2) is 6.32. The summed E-state index contributed by atoms with van der Waals surface area (Å²) in [5.41, 5.74) is 5.35. The highest BCUT2D eigenvalue weighted by Gasteiger charge is 2.15. The van der Waals surface area contributed by atoms with E-state index in [0.717, 1.165) is 0 Å². The zero-order valence-corrected chi connectivity index (χ0v) is 12.7. The van der Waals surface area contributed by atoms with Gasteiger partial charge in [0.25, 0.3) is 0 Å². The Hall–Kier alpha value is -1.47. The van der Waals surface area contributed by atoms with E-state index in [0.29, 0.717) is 5.25 Å². The van der Waals surface area contributed by atoms with Gasteiger partial charge in [0, 0.05) is 5.25 Å². The SMILES string of the molecule is Cc1ccc(/C(=C/C2CCCS2)c2ccccc2)cc1. The zero-order chi connectivity index (χ0) is 13.8. The summed E-state index contributed by atoms with van der Waals surface area (Å²) in [5.74, 6) is 1.30. The van der Waals surface area contributed by atoms with Crippen LogP contribution in [0, 0.1) is 6.92 Å². The lowest BCUT2D eigenvalue weighted by Gasteiger charge is -2.12. The van der Waals surface area contributed by atoms with Gasteiger partial charge in [-0.05, 0) is 42.2 Å². The average molecular weight is 280 g/mol. The van der Waals surface area contributed by atoms with Gasteiger partial charge in [-0.15, -0.1) is 0 Å². The summed E-state index contributed by atoms with van der Waals surface area (Å²) in [5, 5.41) is 0.673. The van der Waals surface area contributed by atoms with Crippen molar-refractivity contribution in [3.8, 4) is 0 Å². The number of thioether (sulfide) groups is 1. The van der Waals surface area contributed by atoms with Crippen molar-refractivity contribution in [1.29, 1.82) is 0 Å². The molecule has 1 saturated heterocycles. The minimum atomic E-state index is 0.673. The molecule has 0 bridgehead atoms. The minimum Gasteiger partial charge on any atom is -0.154 e. The van der Waals surface area contributed by atoms with Crippen LogP contribution in [0.1, 0.15) is 29.5 Å². The highest BCUT2D eigenvalue weighted by molar-refractivity contribution is 8.00. The van der Waals surface area contributed by atoms with Crippen molar-refractivity contribution in [2.24, 2.45) is 0 Å². The lowest BCUT2D eigenvalue weighted by Crippen LogP contribution is -1.96. The molecule has 1 atom stereocenters. The summed E-state index contributed by atoms with van der Waals surface area (Å²) in [7, 11) is 0. The molecule has 0 N–H and O–H groups in total.